The van der Waals surface area contributed by atoms with Crippen molar-refractivity contribution in [1.29, 1.82) is 0 Å². The van der Waals surface area contributed by atoms with Gasteiger partial charge in [-0.15, -0.1) is 0 Å². The minimum atomic E-state index is -0.372. The van der Waals surface area contributed by atoms with E-state index in [0.29, 0.717) is 11.5 Å². The SMILES string of the molecule is Cc1ccc(OCC(=O)N/N=C\c2c(OCc3ccc(F)cc3)ccc3ccccc23)cc1C. The molecule has 0 spiro atoms. The van der Waals surface area contributed by atoms with E-state index in [9.17, 15) is 9.18 Å². The molecule has 4 rings (SSSR count). The van der Waals surface area contributed by atoms with Crippen LogP contribution in [0.15, 0.2) is 84.0 Å². The topological polar surface area (TPSA) is 59.9 Å². The number of aryl methyl sites for hydroxylation is 2. The molecule has 0 fully saturated rings. The van der Waals surface area contributed by atoms with Gasteiger partial charge in [0.25, 0.3) is 5.91 Å². The second kappa shape index (κ2) is 10.6. The van der Waals surface area contributed by atoms with Crippen molar-refractivity contribution in [3.63, 3.8) is 0 Å². The molecule has 1 amide bonds. The molecule has 0 aliphatic carbocycles. The average Bonchev–Trinajstić information content (AvgIpc) is 2.85. The third-order valence-corrected chi connectivity index (χ3v) is 5.47. The molecular weight excluding hydrogens is 431 g/mol. The molecule has 172 valence electrons. The zero-order chi connectivity index (χ0) is 23.9. The van der Waals surface area contributed by atoms with Gasteiger partial charge >= 0.3 is 0 Å². The first-order chi connectivity index (χ1) is 16.5. The van der Waals surface area contributed by atoms with Gasteiger partial charge in [-0.05, 0) is 71.6 Å². The number of ether oxygens (including phenoxy) is 2. The van der Waals surface area contributed by atoms with Gasteiger partial charge in [-0.2, -0.15) is 5.10 Å². The maximum atomic E-state index is 13.2. The number of halogens is 1. The summed E-state index contributed by atoms with van der Waals surface area (Å²) in [7, 11) is 0. The Morgan fingerprint density at radius 1 is 0.941 bits per heavy atom. The number of hydrogen-bond acceptors (Lipinski definition) is 4. The second-order valence-electron chi connectivity index (χ2n) is 7.94. The van der Waals surface area contributed by atoms with E-state index in [0.717, 1.165) is 33.0 Å². The van der Waals surface area contributed by atoms with Gasteiger partial charge in [-0.3, -0.25) is 4.79 Å². The van der Waals surface area contributed by atoms with Gasteiger partial charge in [0, 0.05) is 5.56 Å². The van der Waals surface area contributed by atoms with Crippen molar-refractivity contribution in [3.05, 3.63) is 107 Å². The van der Waals surface area contributed by atoms with Gasteiger partial charge in [0.05, 0.1) is 6.21 Å². The molecule has 5 nitrogen and oxygen atoms in total. The Labute approximate surface area is 197 Å². The zero-order valence-corrected chi connectivity index (χ0v) is 19.0. The largest absolute Gasteiger partial charge is 0.488 e. The van der Waals surface area contributed by atoms with Crippen LogP contribution in [-0.4, -0.2) is 18.7 Å². The Hall–Kier alpha value is -4.19. The fourth-order valence-corrected chi connectivity index (χ4v) is 3.43. The van der Waals surface area contributed by atoms with Crippen LogP contribution in [0.3, 0.4) is 0 Å². The fourth-order valence-electron chi connectivity index (χ4n) is 3.43. The van der Waals surface area contributed by atoms with Crippen LogP contribution in [0.5, 0.6) is 11.5 Å². The number of fused-ring (bicyclic) bond motifs is 1. The van der Waals surface area contributed by atoms with Gasteiger partial charge in [0.1, 0.15) is 23.9 Å². The van der Waals surface area contributed by atoms with Crippen LogP contribution in [0.25, 0.3) is 10.8 Å². The number of carbonyl (C=O) groups is 1. The number of nitrogens with one attached hydrogen (secondary N) is 1. The molecule has 34 heavy (non-hydrogen) atoms. The van der Waals surface area contributed by atoms with E-state index >= 15 is 0 Å². The second-order valence-corrected chi connectivity index (χ2v) is 7.94. The summed E-state index contributed by atoms with van der Waals surface area (Å²) in [5, 5.41) is 6.08. The Kier molecular flexibility index (Phi) is 7.18. The van der Waals surface area contributed by atoms with E-state index in [1.807, 2.05) is 68.4 Å². The summed E-state index contributed by atoms with van der Waals surface area (Å²) in [5.41, 5.74) is 6.34. The van der Waals surface area contributed by atoms with Gasteiger partial charge < -0.3 is 9.47 Å². The van der Waals surface area contributed by atoms with Crippen LogP contribution >= 0.6 is 0 Å². The van der Waals surface area contributed by atoms with E-state index in [-0.39, 0.29) is 24.9 Å². The first kappa shape index (κ1) is 23.0. The molecule has 0 aliphatic rings. The minimum Gasteiger partial charge on any atom is -0.488 e. The number of rotatable bonds is 8. The number of nitrogens with zero attached hydrogens (tertiary/aromatic N) is 1. The van der Waals surface area contributed by atoms with Gasteiger partial charge in [0.15, 0.2) is 6.61 Å². The molecule has 4 aromatic carbocycles. The predicted molar refractivity (Wildman–Crippen MR) is 132 cm³/mol. The standard InChI is InChI=1S/C28H25FN2O3/c1-19-7-13-24(15-20(19)2)33-18-28(32)31-30-16-26-25-6-4-3-5-22(25)10-14-27(26)34-17-21-8-11-23(29)12-9-21/h3-16H,17-18H2,1-2H3,(H,31,32)/b30-16-. The summed E-state index contributed by atoms with van der Waals surface area (Å²) in [5.74, 6) is 0.572. The Morgan fingerprint density at radius 2 is 1.74 bits per heavy atom. The van der Waals surface area contributed by atoms with Crippen molar-refractivity contribution in [2.24, 2.45) is 5.10 Å². The van der Waals surface area contributed by atoms with Crippen LogP contribution < -0.4 is 14.9 Å². The number of hydrogen-bond donors (Lipinski definition) is 1. The molecule has 0 atom stereocenters. The minimum absolute atomic E-state index is 0.150. The molecule has 4 aromatic rings. The zero-order valence-electron chi connectivity index (χ0n) is 19.0. The van der Waals surface area contributed by atoms with Crippen molar-refractivity contribution in [2.75, 3.05) is 6.61 Å². The van der Waals surface area contributed by atoms with E-state index in [2.05, 4.69) is 10.5 Å². The third kappa shape index (κ3) is 5.78. The highest BCUT2D eigenvalue weighted by molar-refractivity contribution is 6.02. The highest BCUT2D eigenvalue weighted by Gasteiger charge is 2.09. The van der Waals surface area contributed by atoms with Gasteiger partial charge in [-0.1, -0.05) is 48.5 Å². The highest BCUT2D eigenvalue weighted by Crippen LogP contribution is 2.27. The highest BCUT2D eigenvalue weighted by atomic mass is 19.1. The van der Waals surface area contributed by atoms with E-state index in [4.69, 9.17) is 9.47 Å². The fraction of sp³-hybridized carbons (Fsp3) is 0.143. The lowest BCUT2D eigenvalue weighted by molar-refractivity contribution is -0.123. The van der Waals surface area contributed by atoms with Crippen molar-refractivity contribution in [3.8, 4) is 11.5 Å². The van der Waals surface area contributed by atoms with Crippen LogP contribution in [0.4, 0.5) is 4.39 Å². The van der Waals surface area contributed by atoms with Crippen molar-refractivity contribution in [2.45, 2.75) is 20.5 Å². The summed E-state index contributed by atoms with van der Waals surface area (Å²) < 4.78 is 24.7. The molecule has 0 radical (unpaired) electrons. The molecule has 0 unspecified atom stereocenters. The summed E-state index contributed by atoms with van der Waals surface area (Å²) >= 11 is 0. The smallest absolute Gasteiger partial charge is 0.277 e. The summed E-state index contributed by atoms with van der Waals surface area (Å²) in [6.45, 7) is 4.14. The molecule has 0 heterocycles. The predicted octanol–water partition coefficient (Wildman–Crippen LogP) is 5.70. The van der Waals surface area contributed by atoms with Crippen molar-refractivity contribution < 1.29 is 18.7 Å². The Morgan fingerprint density at radius 3 is 2.53 bits per heavy atom. The molecule has 0 aliphatic heterocycles. The third-order valence-electron chi connectivity index (χ3n) is 5.47. The molecule has 0 saturated carbocycles. The molecular formula is C28H25FN2O3. The van der Waals surface area contributed by atoms with Crippen LogP contribution in [0.2, 0.25) is 0 Å². The van der Waals surface area contributed by atoms with E-state index in [1.165, 1.54) is 12.1 Å². The van der Waals surface area contributed by atoms with Crippen LogP contribution in [-0.2, 0) is 11.4 Å². The van der Waals surface area contributed by atoms with Gasteiger partial charge in [0.2, 0.25) is 0 Å². The van der Waals surface area contributed by atoms with E-state index < -0.39 is 0 Å². The summed E-state index contributed by atoms with van der Waals surface area (Å²) in [4.78, 5) is 12.2. The quantitative estimate of drug-likeness (QED) is 0.273. The Bertz CT molecular complexity index is 1330. The average molecular weight is 457 g/mol. The maximum absolute atomic E-state index is 13.2. The van der Waals surface area contributed by atoms with Crippen molar-refractivity contribution in [1.82, 2.24) is 5.43 Å². The molecule has 0 aromatic heterocycles. The maximum Gasteiger partial charge on any atom is 0.277 e. The van der Waals surface area contributed by atoms with Crippen LogP contribution in [0.1, 0.15) is 22.3 Å². The number of carbonyl (C=O) groups excluding carboxylic acids is 1. The number of benzene rings is 4. The monoisotopic (exact) mass is 456 g/mol. The molecule has 1 N–H and O–H groups in total. The van der Waals surface area contributed by atoms with E-state index in [1.54, 1.807) is 18.3 Å². The van der Waals surface area contributed by atoms with Gasteiger partial charge in [-0.25, -0.2) is 9.82 Å². The molecule has 0 saturated heterocycles. The summed E-state index contributed by atoms with van der Waals surface area (Å²) in [6, 6.07) is 23.5. The lowest BCUT2D eigenvalue weighted by Gasteiger charge is -2.12. The van der Waals surface area contributed by atoms with Crippen molar-refractivity contribution >= 4 is 22.9 Å². The number of hydrazone groups is 1. The lowest BCUT2D eigenvalue weighted by Crippen LogP contribution is -2.24. The Balaban J connectivity index is 1.45. The first-order valence-electron chi connectivity index (χ1n) is 10.9. The number of amides is 1. The lowest BCUT2D eigenvalue weighted by atomic mass is 10.0. The van der Waals surface area contributed by atoms with Crippen LogP contribution in [0, 0.1) is 19.7 Å². The molecule has 6 heteroatoms. The first-order valence-corrected chi connectivity index (χ1v) is 10.9. The summed E-state index contributed by atoms with van der Waals surface area (Å²) in [6.07, 6.45) is 1.57. The normalized spacial score (nSPS) is 11.0. The molecule has 0 bridgehead atoms.